The standard InChI is InChI=1S/C49H62N8O8.C7H9F6O5P/c1-11-31-27(2)35-25-39-32(13-15-41(59)63-10)28(3)34(52-39)24-36-29(4)33(12-14-40(58)55(9)17-16-50-48(62)65-49(6,7)8)44(53-36)43-45-42(30(5)37(54-45)26-38(31)51-35)46(60)57(47(43)61)19-18-56-20-22-64-23-21-56;1-16-5(14)2-19(15,17-3-6(8,9)10)18-4-7(11,12)13/h13,15,24-26,29,33,53-54H,11-12,14,16-23H2,1-10H3,(H,50,62);2-4H2,1H3/b15-13-,36-24?,38-26?,39-25?,44-43?;/t29-,33-;/m0./s1. The highest BCUT2D eigenvalue weighted by atomic mass is 31.2. The minimum Gasteiger partial charge on any atom is -0.469 e. The molecule has 1 saturated heterocycles. The van der Waals surface area contributed by atoms with Gasteiger partial charge in [-0.1, -0.05) is 13.8 Å². The van der Waals surface area contributed by atoms with E-state index in [1.165, 1.54) is 18.1 Å². The number of likely N-dealkylation sites (N-methyl/N-ethyl adjacent to an activating group) is 1. The van der Waals surface area contributed by atoms with Crippen molar-refractivity contribution < 1.29 is 87.7 Å². The second-order valence-corrected chi connectivity index (χ2v) is 23.4. The first kappa shape index (κ1) is 66.2. The number of nitrogens with one attached hydrogen (secondary N) is 3. The summed E-state index contributed by atoms with van der Waals surface area (Å²) in [5.74, 6) is -3.33. The van der Waals surface area contributed by atoms with Gasteiger partial charge in [-0.3, -0.25) is 42.6 Å². The van der Waals surface area contributed by atoms with Crippen LogP contribution in [0.1, 0.15) is 140 Å². The number of alkyl carbamates (subject to hydrolysis) is 1. The summed E-state index contributed by atoms with van der Waals surface area (Å²) < 4.78 is 110. The molecule has 0 spiro atoms. The Morgan fingerprint density at radius 1 is 0.857 bits per heavy atom. The number of methoxy groups -OCH3 is 2. The number of aromatic nitrogens is 4. The molecule has 460 valence electrons. The van der Waals surface area contributed by atoms with E-state index in [0.717, 1.165) is 46.5 Å². The molecule has 0 unspecified atom stereocenters. The van der Waals surface area contributed by atoms with E-state index in [0.29, 0.717) is 90.5 Å². The van der Waals surface area contributed by atoms with Gasteiger partial charge >= 0.3 is 38.0 Å². The number of nitrogens with zero attached hydrogens (tertiary/aromatic N) is 5. The van der Waals surface area contributed by atoms with Gasteiger partial charge in [0.1, 0.15) is 11.8 Å². The number of carbonyl (C=O) groups is 6. The van der Waals surface area contributed by atoms with E-state index in [1.54, 1.807) is 38.8 Å². The fourth-order valence-electron chi connectivity index (χ4n) is 9.80. The molecule has 5 aliphatic heterocycles. The van der Waals surface area contributed by atoms with Crippen LogP contribution >= 0.6 is 7.60 Å². The van der Waals surface area contributed by atoms with Gasteiger partial charge < -0.3 is 39.1 Å². The van der Waals surface area contributed by atoms with Crippen molar-refractivity contribution in [3.8, 4) is 0 Å². The van der Waals surface area contributed by atoms with E-state index < -0.39 is 68.9 Å². The molecule has 21 nitrogen and oxygen atoms in total. The van der Waals surface area contributed by atoms with E-state index in [4.69, 9.17) is 24.2 Å². The van der Waals surface area contributed by atoms with Crippen LogP contribution in [0.5, 0.6) is 0 Å². The largest absolute Gasteiger partial charge is 0.469 e. The van der Waals surface area contributed by atoms with E-state index in [-0.39, 0.29) is 49.7 Å². The number of allylic oxidation sites excluding steroid dienone is 5. The predicted molar refractivity (Wildman–Crippen MR) is 297 cm³/mol. The molecule has 2 atom stereocenters. The number of ether oxygens (including phenoxy) is 4. The maximum absolute atomic E-state index is 15.1. The summed E-state index contributed by atoms with van der Waals surface area (Å²) in [5.41, 5.74) is 9.63. The van der Waals surface area contributed by atoms with Gasteiger partial charge in [0.25, 0.3) is 11.8 Å². The number of esters is 2. The summed E-state index contributed by atoms with van der Waals surface area (Å²) in [6, 6.07) is 5.86. The fraction of sp³-hybridized carbons (Fsp3) is 0.536. The van der Waals surface area contributed by atoms with Gasteiger partial charge in [-0.2, -0.15) is 26.3 Å². The van der Waals surface area contributed by atoms with Crippen molar-refractivity contribution in [3.63, 3.8) is 0 Å². The van der Waals surface area contributed by atoms with Crippen LogP contribution in [-0.2, 0) is 46.9 Å². The summed E-state index contributed by atoms with van der Waals surface area (Å²) in [6.07, 6.45) is -7.49. The molecule has 7 rings (SSSR count). The average molecular weight is 1210 g/mol. The van der Waals surface area contributed by atoms with Gasteiger partial charge in [0.15, 0.2) is 13.2 Å². The second kappa shape index (κ2) is 27.4. The fourth-order valence-corrected chi connectivity index (χ4v) is 11.2. The van der Waals surface area contributed by atoms with Crippen molar-refractivity contribution in [2.45, 2.75) is 104 Å². The minimum absolute atomic E-state index is 0.131. The Morgan fingerprint density at radius 3 is 2.07 bits per heavy atom. The smallest absolute Gasteiger partial charge is 0.412 e. The number of aromatic amines is 2. The number of aryl methyl sites for hydroxylation is 1. The number of hydrogen-bond acceptors (Lipinski definition) is 16. The number of imide groups is 1. The lowest BCUT2D eigenvalue weighted by Gasteiger charge is -2.31. The highest BCUT2D eigenvalue weighted by Gasteiger charge is 2.42. The maximum atomic E-state index is 15.1. The van der Waals surface area contributed by atoms with Gasteiger partial charge in [-0.05, 0) is 101 Å². The van der Waals surface area contributed by atoms with Gasteiger partial charge in [-0.25, -0.2) is 19.6 Å². The van der Waals surface area contributed by atoms with Crippen molar-refractivity contribution in [3.05, 3.63) is 81.2 Å². The third-order valence-electron chi connectivity index (χ3n) is 14.3. The molecule has 8 bridgehead atoms. The molecular weight excluding hydrogens is 1140 g/mol. The van der Waals surface area contributed by atoms with Crippen LogP contribution in [0.15, 0.2) is 30.4 Å². The van der Waals surface area contributed by atoms with E-state index >= 15 is 4.79 Å². The number of halogens is 6. The predicted octanol–water partition coefficient (Wildman–Crippen LogP) is 9.44. The molecule has 1 fully saturated rings. The zero-order valence-corrected chi connectivity index (χ0v) is 49.6. The number of rotatable bonds is 18. The number of amides is 4. The summed E-state index contributed by atoms with van der Waals surface area (Å²) in [6.45, 7) is 14.9. The number of alkyl halides is 6. The molecule has 2 aromatic heterocycles. The zero-order chi connectivity index (χ0) is 62.2. The van der Waals surface area contributed by atoms with Crippen LogP contribution in [-0.4, -0.2) is 181 Å². The first-order valence-electron chi connectivity index (χ1n) is 27.0. The highest BCUT2D eigenvalue weighted by molar-refractivity contribution is 7.54. The van der Waals surface area contributed by atoms with Crippen LogP contribution in [0, 0.1) is 6.92 Å². The third kappa shape index (κ3) is 16.9. The van der Waals surface area contributed by atoms with Crippen LogP contribution in [0.3, 0.4) is 0 Å². The Bertz CT molecular complexity index is 3210. The molecule has 0 aliphatic carbocycles. The molecular formula is C56H71F6N8O13P. The monoisotopic (exact) mass is 1210 g/mol. The zero-order valence-electron chi connectivity index (χ0n) is 48.7. The van der Waals surface area contributed by atoms with Crippen molar-refractivity contribution in [1.82, 2.24) is 40.0 Å². The Morgan fingerprint density at radius 2 is 1.48 bits per heavy atom. The summed E-state index contributed by atoms with van der Waals surface area (Å²) in [4.78, 5) is 102. The summed E-state index contributed by atoms with van der Waals surface area (Å²) in [7, 11) is -1.06. The normalized spacial score (nSPS) is 17.3. The molecule has 28 heteroatoms. The molecule has 0 saturated carbocycles. The first-order valence-corrected chi connectivity index (χ1v) is 28.7. The van der Waals surface area contributed by atoms with E-state index in [1.807, 2.05) is 39.0 Å². The van der Waals surface area contributed by atoms with Crippen molar-refractivity contribution in [2.24, 2.45) is 0 Å². The topological polar surface area (TPSA) is 254 Å². The highest BCUT2D eigenvalue weighted by Crippen LogP contribution is 2.50. The summed E-state index contributed by atoms with van der Waals surface area (Å²) >= 11 is 0. The van der Waals surface area contributed by atoms with E-state index in [2.05, 4.69) is 47.8 Å². The van der Waals surface area contributed by atoms with Gasteiger partial charge in [0.05, 0.1) is 66.9 Å². The Labute approximate surface area is 481 Å². The molecule has 3 N–H and O–H groups in total. The van der Waals surface area contributed by atoms with Crippen molar-refractivity contribution in [2.75, 3.05) is 93.1 Å². The Kier molecular flexibility index (Phi) is 21.6. The quantitative estimate of drug-likeness (QED) is 0.0314. The molecule has 0 radical (unpaired) electrons. The van der Waals surface area contributed by atoms with E-state index in [9.17, 15) is 54.9 Å². The van der Waals surface area contributed by atoms with Crippen molar-refractivity contribution >= 4 is 76.7 Å². The minimum atomic E-state index is -4.94. The van der Waals surface area contributed by atoms with Crippen LogP contribution in [0.2, 0.25) is 0 Å². The Hall–Kier alpha value is -6.93. The molecule has 0 aromatic carbocycles. The number of H-pyrrole nitrogens is 2. The lowest BCUT2D eigenvalue weighted by Crippen LogP contribution is -2.47. The van der Waals surface area contributed by atoms with Crippen LogP contribution < -0.4 is 5.32 Å². The SMILES string of the molecule is CCC1=C(C)c2cc3nc(cc4[nH]c(c5c6[nH]c(cc1n2)c(C)c6C(=O)N(CCN1CCOCC1)C5=O)[C@@H](CCC(=O)N(C)CCNC(=O)OC(C)(C)C)[C@@H]4C)C(C)=C3/C=C\C(=O)OC.COC(=O)CP(=O)(OCC(F)(F)F)OCC(F)(F)F. The summed E-state index contributed by atoms with van der Waals surface area (Å²) in [5, 5.41) is 2.72. The number of carbonyl (C=O) groups excluding carboxylic acids is 6. The molecule has 5 aliphatic rings. The van der Waals surface area contributed by atoms with Gasteiger partial charge in [0.2, 0.25) is 5.91 Å². The number of morpholine rings is 1. The molecule has 7 heterocycles. The van der Waals surface area contributed by atoms with Crippen LogP contribution in [0.25, 0.3) is 33.3 Å². The number of hydrogen-bond donors (Lipinski definition) is 3. The van der Waals surface area contributed by atoms with Gasteiger partial charge in [-0.15, -0.1) is 0 Å². The van der Waals surface area contributed by atoms with Crippen molar-refractivity contribution in [1.29, 1.82) is 0 Å². The Balaban J connectivity index is 0.000000510. The average Bonchev–Trinajstić information content (AvgIpc) is 1.64. The molecule has 2 aromatic rings. The second-order valence-electron chi connectivity index (χ2n) is 21.3. The van der Waals surface area contributed by atoms with Gasteiger partial charge in [0, 0.05) is 93.1 Å². The molecule has 84 heavy (non-hydrogen) atoms. The first-order chi connectivity index (χ1) is 39.3. The number of fused-ring (bicyclic) bond motifs is 8. The third-order valence-corrected chi connectivity index (χ3v) is 16.0. The maximum Gasteiger partial charge on any atom is 0.412 e. The van der Waals surface area contributed by atoms with Crippen LogP contribution in [0.4, 0.5) is 31.1 Å². The lowest BCUT2D eigenvalue weighted by atomic mass is 9.84. The lowest BCUT2D eigenvalue weighted by molar-refractivity contribution is -0.166. The molecule has 4 amide bonds.